The molecule has 0 atom stereocenters. The van der Waals surface area contributed by atoms with Crippen molar-refractivity contribution in [2.24, 2.45) is 0 Å². The highest BCUT2D eigenvalue weighted by molar-refractivity contribution is 6.16. The lowest BCUT2D eigenvalue weighted by Gasteiger charge is -2.24. The quantitative estimate of drug-likeness (QED) is 0.627. The van der Waals surface area contributed by atoms with Crippen LogP contribution in [0, 0.1) is 6.07 Å². The summed E-state index contributed by atoms with van der Waals surface area (Å²) in [4.78, 5) is 24.2. The van der Waals surface area contributed by atoms with Crippen molar-refractivity contribution in [2.45, 2.75) is 19.3 Å². The molecule has 0 bridgehead atoms. The molecule has 1 heterocycles. The van der Waals surface area contributed by atoms with E-state index in [1.807, 2.05) is 6.07 Å². The standard InChI is InChI=1S/C11H10NO2/c13-10-7-4-8-11(14)12(10)9-5-2-1-3-6-9/h1-3,5H,4,7-8H2. The van der Waals surface area contributed by atoms with E-state index in [4.69, 9.17) is 0 Å². The number of imide groups is 1. The molecule has 1 aromatic rings. The van der Waals surface area contributed by atoms with Crippen LogP contribution in [-0.2, 0) is 9.59 Å². The van der Waals surface area contributed by atoms with Gasteiger partial charge in [-0.05, 0) is 12.5 Å². The SMILES string of the molecule is O=C1CCCC(=O)N1c1[c]cccc1. The highest BCUT2D eigenvalue weighted by Crippen LogP contribution is 2.20. The van der Waals surface area contributed by atoms with E-state index in [2.05, 4.69) is 6.07 Å². The molecule has 0 spiro atoms. The Bertz CT molecular complexity index is 343. The average Bonchev–Trinajstić information content (AvgIpc) is 2.19. The molecule has 0 unspecified atom stereocenters. The molecule has 1 aromatic carbocycles. The van der Waals surface area contributed by atoms with E-state index in [0.29, 0.717) is 24.9 Å². The molecule has 0 N–H and O–H groups in total. The normalized spacial score (nSPS) is 17.3. The lowest BCUT2D eigenvalue weighted by atomic mass is 10.1. The molecule has 1 fully saturated rings. The van der Waals surface area contributed by atoms with Crippen LogP contribution >= 0.6 is 0 Å². The first-order valence-corrected chi connectivity index (χ1v) is 4.61. The summed E-state index contributed by atoms with van der Waals surface area (Å²) in [7, 11) is 0. The van der Waals surface area contributed by atoms with Crippen LogP contribution in [0.2, 0.25) is 0 Å². The molecule has 2 rings (SSSR count). The van der Waals surface area contributed by atoms with Crippen LogP contribution in [0.15, 0.2) is 24.3 Å². The van der Waals surface area contributed by atoms with Crippen molar-refractivity contribution in [1.82, 2.24) is 0 Å². The Hall–Kier alpha value is -1.64. The number of carbonyl (C=O) groups is 2. The summed E-state index contributed by atoms with van der Waals surface area (Å²) >= 11 is 0. The van der Waals surface area contributed by atoms with Crippen LogP contribution in [0.25, 0.3) is 0 Å². The summed E-state index contributed by atoms with van der Waals surface area (Å²) in [5.41, 5.74) is 0.558. The zero-order valence-corrected chi connectivity index (χ0v) is 7.69. The van der Waals surface area contributed by atoms with E-state index in [1.165, 1.54) is 4.90 Å². The summed E-state index contributed by atoms with van der Waals surface area (Å²) in [5, 5.41) is 0. The van der Waals surface area contributed by atoms with Crippen LogP contribution < -0.4 is 4.90 Å². The lowest BCUT2D eigenvalue weighted by Crippen LogP contribution is -2.40. The van der Waals surface area contributed by atoms with Crippen LogP contribution in [0.3, 0.4) is 0 Å². The summed E-state index contributed by atoms with van der Waals surface area (Å²) in [6.45, 7) is 0. The molecule has 1 aliphatic rings. The number of anilines is 1. The maximum atomic E-state index is 11.5. The van der Waals surface area contributed by atoms with Gasteiger partial charge in [-0.15, -0.1) is 0 Å². The minimum atomic E-state index is -0.122. The zero-order chi connectivity index (χ0) is 9.97. The molecule has 14 heavy (non-hydrogen) atoms. The number of nitrogens with zero attached hydrogens (tertiary/aromatic N) is 1. The van der Waals surface area contributed by atoms with Crippen molar-refractivity contribution in [3.8, 4) is 0 Å². The molecule has 0 aliphatic carbocycles. The first kappa shape index (κ1) is 8.94. The molecular formula is C11H10NO2. The minimum Gasteiger partial charge on any atom is -0.274 e. The molecule has 0 saturated carbocycles. The van der Waals surface area contributed by atoms with E-state index in [-0.39, 0.29) is 11.8 Å². The number of para-hydroxylation sites is 1. The number of benzene rings is 1. The summed E-state index contributed by atoms with van der Waals surface area (Å²) in [5.74, 6) is -0.243. The largest absolute Gasteiger partial charge is 0.274 e. The average molecular weight is 188 g/mol. The van der Waals surface area contributed by atoms with Gasteiger partial charge in [0, 0.05) is 18.9 Å². The highest BCUT2D eigenvalue weighted by Gasteiger charge is 2.26. The molecule has 3 nitrogen and oxygen atoms in total. The van der Waals surface area contributed by atoms with Crippen molar-refractivity contribution in [3.63, 3.8) is 0 Å². The third-order valence-electron chi connectivity index (χ3n) is 2.21. The van der Waals surface area contributed by atoms with Crippen LogP contribution in [-0.4, -0.2) is 11.8 Å². The fourth-order valence-corrected chi connectivity index (χ4v) is 1.55. The third kappa shape index (κ3) is 1.53. The number of amides is 2. The van der Waals surface area contributed by atoms with Gasteiger partial charge in [0.2, 0.25) is 11.8 Å². The fraction of sp³-hybridized carbons (Fsp3) is 0.273. The molecule has 3 heteroatoms. The number of hydrogen-bond acceptors (Lipinski definition) is 2. The van der Waals surface area contributed by atoms with E-state index < -0.39 is 0 Å². The first-order valence-electron chi connectivity index (χ1n) is 4.61. The maximum Gasteiger partial charge on any atom is 0.233 e. The van der Waals surface area contributed by atoms with E-state index in [1.54, 1.807) is 18.2 Å². The van der Waals surface area contributed by atoms with Gasteiger partial charge >= 0.3 is 0 Å². The van der Waals surface area contributed by atoms with Crippen LogP contribution in [0.5, 0.6) is 0 Å². The summed E-state index contributed by atoms with van der Waals surface area (Å²) in [6, 6.07) is 9.91. The van der Waals surface area contributed by atoms with Gasteiger partial charge in [-0.2, -0.15) is 0 Å². The van der Waals surface area contributed by atoms with E-state index in [0.717, 1.165) is 0 Å². The minimum absolute atomic E-state index is 0.122. The zero-order valence-electron chi connectivity index (χ0n) is 7.69. The van der Waals surface area contributed by atoms with E-state index >= 15 is 0 Å². The fourth-order valence-electron chi connectivity index (χ4n) is 1.55. The second-order valence-electron chi connectivity index (χ2n) is 3.22. The summed E-state index contributed by atoms with van der Waals surface area (Å²) < 4.78 is 0. The predicted octanol–water partition coefficient (Wildman–Crippen LogP) is 1.53. The predicted molar refractivity (Wildman–Crippen MR) is 51.6 cm³/mol. The second-order valence-corrected chi connectivity index (χ2v) is 3.22. The first-order chi connectivity index (χ1) is 6.79. The maximum absolute atomic E-state index is 11.5. The van der Waals surface area contributed by atoms with Gasteiger partial charge < -0.3 is 0 Å². The Balaban J connectivity index is 2.32. The topological polar surface area (TPSA) is 37.4 Å². The van der Waals surface area contributed by atoms with Gasteiger partial charge in [-0.3, -0.25) is 9.59 Å². The van der Waals surface area contributed by atoms with Crippen LogP contribution in [0.4, 0.5) is 5.69 Å². The smallest absolute Gasteiger partial charge is 0.233 e. The number of piperidine rings is 1. The van der Waals surface area contributed by atoms with Crippen molar-refractivity contribution in [2.75, 3.05) is 4.90 Å². The molecular weight excluding hydrogens is 178 g/mol. The Morgan fingerprint density at radius 2 is 1.86 bits per heavy atom. The molecule has 2 amide bonds. The van der Waals surface area contributed by atoms with E-state index in [9.17, 15) is 9.59 Å². The van der Waals surface area contributed by atoms with Crippen molar-refractivity contribution >= 4 is 17.5 Å². The molecule has 1 saturated heterocycles. The monoisotopic (exact) mass is 188 g/mol. The van der Waals surface area contributed by atoms with Crippen molar-refractivity contribution in [3.05, 3.63) is 30.3 Å². The number of rotatable bonds is 1. The van der Waals surface area contributed by atoms with Crippen molar-refractivity contribution in [1.29, 1.82) is 0 Å². The molecule has 71 valence electrons. The molecule has 0 aromatic heterocycles. The number of carbonyl (C=O) groups excluding carboxylic acids is 2. The van der Waals surface area contributed by atoms with Gasteiger partial charge in [0.1, 0.15) is 0 Å². The Labute approximate surface area is 82.3 Å². The van der Waals surface area contributed by atoms with Gasteiger partial charge in [0.15, 0.2) is 0 Å². The van der Waals surface area contributed by atoms with Gasteiger partial charge in [0.25, 0.3) is 0 Å². The van der Waals surface area contributed by atoms with Crippen LogP contribution in [0.1, 0.15) is 19.3 Å². The number of hydrogen-bond donors (Lipinski definition) is 0. The second kappa shape index (κ2) is 3.62. The Morgan fingerprint density at radius 3 is 2.43 bits per heavy atom. The lowest BCUT2D eigenvalue weighted by molar-refractivity contribution is -0.129. The van der Waals surface area contributed by atoms with Gasteiger partial charge in [-0.25, -0.2) is 4.90 Å². The van der Waals surface area contributed by atoms with Crippen molar-refractivity contribution < 1.29 is 9.59 Å². The Morgan fingerprint density at radius 1 is 1.14 bits per heavy atom. The highest BCUT2D eigenvalue weighted by atomic mass is 16.2. The molecule has 1 aliphatic heterocycles. The van der Waals surface area contributed by atoms with Gasteiger partial charge in [0.05, 0.1) is 5.69 Å². The summed E-state index contributed by atoms with van der Waals surface area (Å²) in [6.07, 6.45) is 1.57. The third-order valence-corrected chi connectivity index (χ3v) is 2.21. The van der Waals surface area contributed by atoms with Gasteiger partial charge in [-0.1, -0.05) is 18.2 Å². The molecule has 1 radical (unpaired) electrons. The Kier molecular flexibility index (Phi) is 2.31.